The van der Waals surface area contributed by atoms with Gasteiger partial charge >= 0.3 is 0 Å². The van der Waals surface area contributed by atoms with E-state index in [1.807, 2.05) is 17.5 Å². The van der Waals surface area contributed by atoms with E-state index in [0.717, 1.165) is 31.0 Å². The Morgan fingerprint density at radius 2 is 2.14 bits per heavy atom. The quantitative estimate of drug-likeness (QED) is 0.773. The van der Waals surface area contributed by atoms with Crippen LogP contribution in [-0.4, -0.2) is 16.5 Å². The van der Waals surface area contributed by atoms with Crippen LogP contribution in [0.1, 0.15) is 16.3 Å². The number of H-pyrrole nitrogens is 1. The van der Waals surface area contributed by atoms with Crippen molar-refractivity contribution in [3.63, 3.8) is 0 Å². The number of aromatic amines is 1. The van der Waals surface area contributed by atoms with E-state index < -0.39 is 0 Å². The minimum absolute atomic E-state index is 0.717. The summed E-state index contributed by atoms with van der Waals surface area (Å²) in [5.41, 5.74) is 3.89. The molecule has 3 heterocycles. The van der Waals surface area contributed by atoms with E-state index in [1.54, 1.807) is 11.1 Å². The van der Waals surface area contributed by atoms with Crippen molar-refractivity contribution in [1.82, 2.24) is 9.97 Å². The van der Waals surface area contributed by atoms with Crippen LogP contribution in [0.15, 0.2) is 48.1 Å². The first kappa shape index (κ1) is 13.4. The van der Waals surface area contributed by atoms with Crippen LogP contribution in [0.2, 0.25) is 0 Å². The van der Waals surface area contributed by atoms with Gasteiger partial charge in [-0.05, 0) is 47.7 Å². The normalized spacial score (nSPS) is 13.9. The number of nitrogens with one attached hydrogen (secondary N) is 2. The molecule has 5 heteroatoms. The van der Waals surface area contributed by atoms with Gasteiger partial charge in [0.2, 0.25) is 0 Å². The average Bonchev–Trinajstić information content (AvgIpc) is 3.24. The Bertz CT molecular complexity index is 730. The van der Waals surface area contributed by atoms with Crippen LogP contribution in [0, 0.1) is 0 Å². The van der Waals surface area contributed by atoms with Crippen LogP contribution in [-0.2, 0) is 19.5 Å². The molecule has 0 spiro atoms. The molecule has 0 aliphatic carbocycles. The number of hydrogen-bond donors (Lipinski definition) is 2. The third kappa shape index (κ3) is 2.72. The first-order valence-electron chi connectivity index (χ1n) is 7.51. The number of thiophene rings is 1. The van der Waals surface area contributed by atoms with E-state index in [-0.39, 0.29) is 0 Å². The predicted molar refractivity (Wildman–Crippen MR) is 91.4 cm³/mol. The van der Waals surface area contributed by atoms with Gasteiger partial charge in [0.15, 0.2) is 0 Å². The minimum Gasteiger partial charge on any atom is -0.378 e. The van der Waals surface area contributed by atoms with Crippen molar-refractivity contribution >= 4 is 22.7 Å². The summed E-state index contributed by atoms with van der Waals surface area (Å²) in [6.45, 7) is 2.85. The highest BCUT2D eigenvalue weighted by Gasteiger charge is 2.17. The van der Waals surface area contributed by atoms with Crippen molar-refractivity contribution in [3.8, 4) is 0 Å². The first-order valence-corrected chi connectivity index (χ1v) is 8.39. The number of rotatable bonds is 4. The fourth-order valence-electron chi connectivity index (χ4n) is 2.84. The maximum absolute atomic E-state index is 4.21. The fraction of sp³-hybridized carbons (Fsp3) is 0.235. The van der Waals surface area contributed by atoms with Crippen LogP contribution in [0.3, 0.4) is 0 Å². The zero-order chi connectivity index (χ0) is 14.8. The monoisotopic (exact) mass is 310 g/mol. The van der Waals surface area contributed by atoms with Gasteiger partial charge in [-0.3, -0.25) is 0 Å². The van der Waals surface area contributed by atoms with Crippen LogP contribution in [0.4, 0.5) is 11.4 Å². The average molecular weight is 310 g/mol. The summed E-state index contributed by atoms with van der Waals surface area (Å²) < 4.78 is 0. The molecule has 0 bridgehead atoms. The van der Waals surface area contributed by atoms with Crippen LogP contribution in [0.5, 0.6) is 0 Å². The standard InChI is InChI=1S/C17H18N4S/c1-3-15(21-9-5-16-13(12-21)6-10-22-16)4-2-14(1)20-11-17-18-7-8-19-17/h1-4,6-8,10,20H,5,9,11-12H2,(H,18,19). The smallest absolute Gasteiger partial charge is 0.125 e. The van der Waals surface area contributed by atoms with Crippen LogP contribution >= 0.6 is 11.3 Å². The van der Waals surface area contributed by atoms with Crippen molar-refractivity contribution in [2.75, 3.05) is 16.8 Å². The Morgan fingerprint density at radius 1 is 1.23 bits per heavy atom. The zero-order valence-corrected chi connectivity index (χ0v) is 13.1. The molecule has 4 nitrogen and oxygen atoms in total. The Hall–Kier alpha value is -2.27. The molecular weight excluding hydrogens is 292 g/mol. The summed E-state index contributed by atoms with van der Waals surface area (Å²) in [5, 5.41) is 5.58. The van der Waals surface area contributed by atoms with Crippen molar-refractivity contribution < 1.29 is 0 Å². The highest BCUT2D eigenvalue weighted by molar-refractivity contribution is 7.10. The highest BCUT2D eigenvalue weighted by Crippen LogP contribution is 2.28. The van der Waals surface area contributed by atoms with E-state index in [9.17, 15) is 0 Å². The molecule has 0 unspecified atom stereocenters. The van der Waals surface area contributed by atoms with E-state index in [4.69, 9.17) is 0 Å². The number of aromatic nitrogens is 2. The Morgan fingerprint density at radius 3 is 2.95 bits per heavy atom. The molecule has 112 valence electrons. The molecule has 0 amide bonds. The molecule has 22 heavy (non-hydrogen) atoms. The lowest BCUT2D eigenvalue weighted by atomic mass is 10.1. The lowest BCUT2D eigenvalue weighted by Gasteiger charge is -2.29. The molecular formula is C17H18N4S. The van der Waals surface area contributed by atoms with Gasteiger partial charge in [0, 0.05) is 41.7 Å². The second kappa shape index (κ2) is 5.85. The van der Waals surface area contributed by atoms with Crippen molar-refractivity contribution in [3.05, 3.63) is 64.4 Å². The number of imidazole rings is 1. The molecule has 0 atom stereocenters. The van der Waals surface area contributed by atoms with Gasteiger partial charge in [-0.2, -0.15) is 0 Å². The fourth-order valence-corrected chi connectivity index (χ4v) is 3.73. The molecule has 3 aromatic rings. The molecule has 1 aliphatic heterocycles. The topological polar surface area (TPSA) is 44.0 Å². The second-order valence-electron chi connectivity index (χ2n) is 5.48. The van der Waals surface area contributed by atoms with Crippen LogP contribution in [0.25, 0.3) is 0 Å². The maximum atomic E-state index is 4.21. The van der Waals surface area contributed by atoms with Gasteiger partial charge in [-0.25, -0.2) is 4.98 Å². The van der Waals surface area contributed by atoms with Crippen molar-refractivity contribution in [1.29, 1.82) is 0 Å². The van der Waals surface area contributed by atoms with Crippen molar-refractivity contribution in [2.45, 2.75) is 19.5 Å². The van der Waals surface area contributed by atoms with Gasteiger partial charge in [-0.1, -0.05) is 0 Å². The molecule has 2 N–H and O–H groups in total. The largest absolute Gasteiger partial charge is 0.378 e. The van der Waals surface area contributed by atoms with Crippen LogP contribution < -0.4 is 10.2 Å². The second-order valence-corrected chi connectivity index (χ2v) is 6.48. The molecule has 1 aromatic carbocycles. The third-order valence-corrected chi connectivity index (χ3v) is 5.08. The predicted octanol–water partition coefficient (Wildman–Crippen LogP) is 3.65. The lowest BCUT2D eigenvalue weighted by Crippen LogP contribution is -2.29. The summed E-state index contributed by atoms with van der Waals surface area (Å²) in [4.78, 5) is 11.3. The minimum atomic E-state index is 0.717. The Balaban J connectivity index is 1.41. The molecule has 0 saturated heterocycles. The molecule has 4 rings (SSSR count). The van der Waals surface area contributed by atoms with Gasteiger partial charge in [0.05, 0.1) is 6.54 Å². The summed E-state index contributed by atoms with van der Waals surface area (Å²) in [6, 6.07) is 10.9. The molecule has 2 aromatic heterocycles. The summed E-state index contributed by atoms with van der Waals surface area (Å²) in [5.74, 6) is 0.949. The molecule has 1 aliphatic rings. The first-order chi connectivity index (χ1) is 10.9. The lowest BCUT2D eigenvalue weighted by molar-refractivity contribution is 0.744. The number of anilines is 2. The van der Waals surface area contributed by atoms with Gasteiger partial charge < -0.3 is 15.2 Å². The van der Waals surface area contributed by atoms with E-state index >= 15 is 0 Å². The third-order valence-electron chi connectivity index (χ3n) is 4.05. The summed E-state index contributed by atoms with van der Waals surface area (Å²) in [7, 11) is 0. The van der Waals surface area contributed by atoms with Gasteiger partial charge in [0.1, 0.15) is 5.82 Å². The van der Waals surface area contributed by atoms with E-state index in [1.165, 1.54) is 11.3 Å². The number of benzene rings is 1. The zero-order valence-electron chi connectivity index (χ0n) is 12.2. The Kier molecular flexibility index (Phi) is 3.56. The Labute approximate surface area is 133 Å². The maximum Gasteiger partial charge on any atom is 0.125 e. The van der Waals surface area contributed by atoms with Gasteiger partial charge in [0.25, 0.3) is 0 Å². The van der Waals surface area contributed by atoms with Crippen molar-refractivity contribution in [2.24, 2.45) is 0 Å². The highest BCUT2D eigenvalue weighted by atomic mass is 32.1. The van der Waals surface area contributed by atoms with E-state index in [2.05, 4.69) is 55.9 Å². The van der Waals surface area contributed by atoms with E-state index in [0.29, 0.717) is 6.54 Å². The summed E-state index contributed by atoms with van der Waals surface area (Å²) in [6.07, 6.45) is 4.77. The number of nitrogens with zero attached hydrogens (tertiary/aromatic N) is 2. The number of fused-ring (bicyclic) bond motifs is 1. The molecule has 0 saturated carbocycles. The number of hydrogen-bond acceptors (Lipinski definition) is 4. The molecule has 0 fully saturated rings. The SMILES string of the molecule is c1c[nH]c(CNc2ccc(N3CCc4sccc4C3)cc2)n1. The van der Waals surface area contributed by atoms with Gasteiger partial charge in [-0.15, -0.1) is 11.3 Å². The molecule has 0 radical (unpaired) electrons. The summed E-state index contributed by atoms with van der Waals surface area (Å²) >= 11 is 1.88.